The van der Waals surface area contributed by atoms with Gasteiger partial charge in [0.25, 0.3) is 0 Å². The first-order valence-corrected chi connectivity index (χ1v) is 6.24. The Kier molecular flexibility index (Phi) is 4.63. The van der Waals surface area contributed by atoms with Crippen LogP contribution in [0.2, 0.25) is 0 Å². The smallest absolute Gasteiger partial charge is 0.00468 e. The summed E-state index contributed by atoms with van der Waals surface area (Å²) in [7, 11) is 2.02. The zero-order chi connectivity index (χ0) is 10.4. The van der Waals surface area contributed by atoms with Crippen LogP contribution >= 0.6 is 11.3 Å². The molecule has 0 aliphatic heterocycles. The van der Waals surface area contributed by atoms with E-state index in [2.05, 4.69) is 36.0 Å². The second kappa shape index (κ2) is 5.52. The van der Waals surface area contributed by atoms with Crippen molar-refractivity contribution in [3.63, 3.8) is 0 Å². The zero-order valence-corrected chi connectivity index (χ0v) is 10.3. The van der Waals surface area contributed by atoms with Crippen molar-refractivity contribution in [2.24, 2.45) is 5.41 Å². The minimum absolute atomic E-state index is 0.463. The fourth-order valence-corrected chi connectivity index (χ4v) is 2.21. The summed E-state index contributed by atoms with van der Waals surface area (Å²) in [6, 6.07) is 2.23. The second-order valence-corrected chi connectivity index (χ2v) is 5.43. The number of hydrogen-bond acceptors (Lipinski definition) is 2. The molecule has 0 amide bonds. The molecule has 0 bridgehead atoms. The van der Waals surface area contributed by atoms with Crippen LogP contribution in [0.1, 0.15) is 32.3 Å². The third kappa shape index (κ3) is 4.25. The number of aryl methyl sites for hydroxylation is 1. The molecule has 1 nitrogen and oxygen atoms in total. The molecule has 1 heterocycles. The summed E-state index contributed by atoms with van der Waals surface area (Å²) >= 11 is 1.80. The van der Waals surface area contributed by atoms with Crippen LogP contribution in [0.25, 0.3) is 0 Å². The first-order chi connectivity index (χ1) is 6.64. The van der Waals surface area contributed by atoms with Crippen LogP contribution < -0.4 is 5.32 Å². The number of rotatable bonds is 6. The van der Waals surface area contributed by atoms with Crippen molar-refractivity contribution in [1.82, 2.24) is 5.32 Å². The van der Waals surface area contributed by atoms with Gasteiger partial charge in [0, 0.05) is 0 Å². The van der Waals surface area contributed by atoms with Crippen molar-refractivity contribution in [2.45, 2.75) is 33.1 Å². The quantitative estimate of drug-likeness (QED) is 0.761. The molecule has 1 aromatic heterocycles. The summed E-state index contributed by atoms with van der Waals surface area (Å²) in [4.78, 5) is 0. The maximum absolute atomic E-state index is 3.22. The lowest BCUT2D eigenvalue weighted by molar-refractivity contribution is 0.306. The monoisotopic (exact) mass is 211 g/mol. The van der Waals surface area contributed by atoms with Crippen molar-refractivity contribution in [3.05, 3.63) is 22.4 Å². The molecule has 2 heteroatoms. The first kappa shape index (κ1) is 11.7. The van der Waals surface area contributed by atoms with E-state index in [4.69, 9.17) is 0 Å². The Morgan fingerprint density at radius 3 is 2.71 bits per heavy atom. The van der Waals surface area contributed by atoms with Gasteiger partial charge in [0.2, 0.25) is 0 Å². The predicted octanol–water partition coefficient (Wildman–Crippen LogP) is 3.32. The van der Waals surface area contributed by atoms with Crippen molar-refractivity contribution in [1.29, 1.82) is 0 Å². The van der Waals surface area contributed by atoms with Crippen molar-refractivity contribution in [2.75, 3.05) is 13.6 Å². The Hall–Kier alpha value is -0.340. The van der Waals surface area contributed by atoms with Gasteiger partial charge in [0.1, 0.15) is 0 Å². The van der Waals surface area contributed by atoms with Gasteiger partial charge in [-0.2, -0.15) is 11.3 Å². The van der Waals surface area contributed by atoms with E-state index in [1.807, 2.05) is 7.05 Å². The summed E-state index contributed by atoms with van der Waals surface area (Å²) < 4.78 is 0. The molecule has 1 aromatic rings. The molecular formula is C12H21NS. The van der Waals surface area contributed by atoms with E-state index < -0.39 is 0 Å². The summed E-state index contributed by atoms with van der Waals surface area (Å²) in [6.07, 6.45) is 3.76. The Bertz CT molecular complexity index is 239. The number of nitrogens with one attached hydrogen (secondary N) is 1. The van der Waals surface area contributed by atoms with Gasteiger partial charge < -0.3 is 5.32 Å². The van der Waals surface area contributed by atoms with Crippen LogP contribution in [-0.4, -0.2) is 13.6 Å². The summed E-state index contributed by atoms with van der Waals surface area (Å²) in [5.41, 5.74) is 1.96. The summed E-state index contributed by atoms with van der Waals surface area (Å²) in [6.45, 7) is 5.84. The van der Waals surface area contributed by atoms with Gasteiger partial charge in [-0.25, -0.2) is 0 Å². The molecule has 1 N–H and O–H groups in total. The van der Waals surface area contributed by atoms with Crippen molar-refractivity contribution in [3.8, 4) is 0 Å². The highest BCUT2D eigenvalue weighted by atomic mass is 32.1. The topological polar surface area (TPSA) is 12.0 Å². The van der Waals surface area contributed by atoms with Gasteiger partial charge in [-0.1, -0.05) is 13.8 Å². The predicted molar refractivity (Wildman–Crippen MR) is 65.0 cm³/mol. The van der Waals surface area contributed by atoms with E-state index in [1.54, 1.807) is 11.3 Å². The van der Waals surface area contributed by atoms with Crippen LogP contribution in [0.3, 0.4) is 0 Å². The maximum Gasteiger partial charge on any atom is -0.00468 e. The molecule has 0 unspecified atom stereocenters. The average molecular weight is 211 g/mol. The first-order valence-electron chi connectivity index (χ1n) is 5.30. The highest BCUT2D eigenvalue weighted by molar-refractivity contribution is 7.07. The normalized spacial score (nSPS) is 11.9. The number of hydrogen-bond donors (Lipinski definition) is 1. The Labute approximate surface area is 91.5 Å². The van der Waals surface area contributed by atoms with Gasteiger partial charge >= 0.3 is 0 Å². The lowest BCUT2D eigenvalue weighted by Gasteiger charge is -2.24. The van der Waals surface area contributed by atoms with Crippen LogP contribution in [0, 0.1) is 5.41 Å². The number of thiophene rings is 1. The molecule has 14 heavy (non-hydrogen) atoms. The highest BCUT2D eigenvalue weighted by Crippen LogP contribution is 2.26. The fraction of sp³-hybridized carbons (Fsp3) is 0.667. The molecule has 0 radical (unpaired) electrons. The maximum atomic E-state index is 3.22. The largest absolute Gasteiger partial charge is 0.320 e. The van der Waals surface area contributed by atoms with Crippen molar-refractivity contribution < 1.29 is 0 Å². The van der Waals surface area contributed by atoms with Crippen LogP contribution in [0.4, 0.5) is 0 Å². The van der Waals surface area contributed by atoms with E-state index in [0.29, 0.717) is 5.41 Å². The van der Waals surface area contributed by atoms with Crippen LogP contribution in [0.15, 0.2) is 16.8 Å². The van der Waals surface area contributed by atoms with E-state index in [9.17, 15) is 0 Å². The van der Waals surface area contributed by atoms with Gasteiger partial charge in [0.15, 0.2) is 0 Å². The van der Waals surface area contributed by atoms with Crippen molar-refractivity contribution >= 4 is 11.3 Å². The lowest BCUT2D eigenvalue weighted by Crippen LogP contribution is -2.20. The third-order valence-electron chi connectivity index (χ3n) is 2.72. The average Bonchev–Trinajstić information content (AvgIpc) is 2.64. The molecule has 0 aliphatic carbocycles. The van der Waals surface area contributed by atoms with E-state index in [0.717, 1.165) is 6.54 Å². The molecule has 0 saturated heterocycles. The minimum Gasteiger partial charge on any atom is -0.320 e. The Morgan fingerprint density at radius 1 is 1.36 bits per heavy atom. The molecule has 0 atom stereocenters. The standard InChI is InChI=1S/C12H21NS/c1-12(2,7-8-13-3)6-4-11-5-9-14-10-11/h5,9-10,13H,4,6-8H2,1-3H3. The summed E-state index contributed by atoms with van der Waals surface area (Å²) in [5.74, 6) is 0. The third-order valence-corrected chi connectivity index (χ3v) is 3.45. The lowest BCUT2D eigenvalue weighted by atomic mass is 9.83. The zero-order valence-electron chi connectivity index (χ0n) is 9.47. The van der Waals surface area contributed by atoms with Gasteiger partial charge in [-0.3, -0.25) is 0 Å². The molecule has 0 aromatic carbocycles. The van der Waals surface area contributed by atoms with Gasteiger partial charge in [0.05, 0.1) is 0 Å². The fourth-order valence-electron chi connectivity index (χ4n) is 1.51. The van der Waals surface area contributed by atoms with Crippen LogP contribution in [-0.2, 0) is 6.42 Å². The highest BCUT2D eigenvalue weighted by Gasteiger charge is 2.16. The SMILES string of the molecule is CNCCC(C)(C)CCc1ccsc1. The van der Waals surface area contributed by atoms with E-state index >= 15 is 0 Å². The summed E-state index contributed by atoms with van der Waals surface area (Å²) in [5, 5.41) is 7.64. The van der Waals surface area contributed by atoms with Gasteiger partial charge in [-0.05, 0) is 60.7 Å². The molecule has 0 aliphatic rings. The second-order valence-electron chi connectivity index (χ2n) is 4.65. The van der Waals surface area contributed by atoms with Gasteiger partial charge in [-0.15, -0.1) is 0 Å². The van der Waals surface area contributed by atoms with E-state index in [1.165, 1.54) is 24.8 Å². The van der Waals surface area contributed by atoms with Crippen LogP contribution in [0.5, 0.6) is 0 Å². The molecule has 0 saturated carbocycles. The van der Waals surface area contributed by atoms with E-state index in [-0.39, 0.29) is 0 Å². The Morgan fingerprint density at radius 2 is 2.14 bits per heavy atom. The molecule has 1 rings (SSSR count). The minimum atomic E-state index is 0.463. The molecule has 0 spiro atoms. The Balaban J connectivity index is 2.28. The molecule has 80 valence electrons. The molecular weight excluding hydrogens is 190 g/mol. The molecule has 0 fully saturated rings.